The molecule has 1 amide bonds. The molecule has 204 valence electrons. The zero-order chi connectivity index (χ0) is 27.8. The van der Waals surface area contributed by atoms with Crippen molar-refractivity contribution in [3.63, 3.8) is 0 Å². The number of aromatic nitrogens is 2. The molecule has 0 spiro atoms. The number of carboxylic acids is 1. The fourth-order valence-electron chi connectivity index (χ4n) is 5.55. The Balaban J connectivity index is 1.72. The number of rotatable bonds is 7. The monoisotopic (exact) mass is 532 g/mol. The van der Waals surface area contributed by atoms with Gasteiger partial charge in [0.2, 0.25) is 5.95 Å². The number of carboxylic acid groups (broad SMARTS) is 1. The minimum atomic E-state index is -4.78. The third kappa shape index (κ3) is 6.38. The molecular formula is C27H31F3N4O4. The van der Waals surface area contributed by atoms with Crippen LogP contribution in [0.25, 0.3) is 11.0 Å². The summed E-state index contributed by atoms with van der Waals surface area (Å²) in [4.78, 5) is 29.7. The number of nitrogens with zero attached hydrogens (tertiary/aromatic N) is 3. The first-order valence-corrected chi connectivity index (χ1v) is 12.3. The van der Waals surface area contributed by atoms with Gasteiger partial charge in [0.15, 0.2) is 0 Å². The Morgan fingerprint density at radius 1 is 1.18 bits per heavy atom. The summed E-state index contributed by atoms with van der Waals surface area (Å²) in [5, 5.41) is 12.3. The number of carbonyl (C=O) groups excluding carboxylic acids is 1. The third-order valence-electron chi connectivity index (χ3n) is 6.73. The van der Waals surface area contributed by atoms with Crippen LogP contribution in [0.5, 0.6) is 5.75 Å². The van der Waals surface area contributed by atoms with E-state index in [0.29, 0.717) is 28.6 Å². The number of aliphatic carboxylic acids is 1. The maximum absolute atomic E-state index is 12.8. The molecule has 0 saturated heterocycles. The van der Waals surface area contributed by atoms with E-state index >= 15 is 0 Å². The second kappa shape index (κ2) is 10.2. The zero-order valence-electron chi connectivity index (χ0n) is 21.7. The van der Waals surface area contributed by atoms with Gasteiger partial charge in [-0.1, -0.05) is 20.8 Å². The van der Waals surface area contributed by atoms with E-state index in [-0.39, 0.29) is 17.2 Å². The fraction of sp³-hybridized carbons (Fsp3) is 0.444. The van der Waals surface area contributed by atoms with Gasteiger partial charge >= 0.3 is 12.3 Å². The highest BCUT2D eigenvalue weighted by Gasteiger charge is 2.35. The quantitative estimate of drug-likeness (QED) is 0.375. The lowest BCUT2D eigenvalue weighted by atomic mass is 9.70. The molecule has 2 atom stereocenters. The number of benzene rings is 2. The Kier molecular flexibility index (Phi) is 7.31. The lowest BCUT2D eigenvalue weighted by Crippen LogP contribution is -2.31. The Morgan fingerprint density at radius 3 is 2.47 bits per heavy atom. The van der Waals surface area contributed by atoms with Gasteiger partial charge in [0.05, 0.1) is 11.0 Å². The van der Waals surface area contributed by atoms with Gasteiger partial charge in [0, 0.05) is 24.3 Å². The van der Waals surface area contributed by atoms with Crippen molar-refractivity contribution in [2.45, 2.75) is 52.4 Å². The zero-order valence-corrected chi connectivity index (χ0v) is 21.7. The van der Waals surface area contributed by atoms with E-state index in [1.165, 1.54) is 31.3 Å². The summed E-state index contributed by atoms with van der Waals surface area (Å²) in [5.41, 5.74) is 2.29. The van der Waals surface area contributed by atoms with Crippen molar-refractivity contribution in [1.29, 1.82) is 0 Å². The molecule has 11 heteroatoms. The van der Waals surface area contributed by atoms with E-state index in [1.54, 1.807) is 12.1 Å². The molecular weight excluding hydrogens is 501 g/mol. The van der Waals surface area contributed by atoms with Gasteiger partial charge in [-0.3, -0.25) is 9.59 Å². The normalized spacial score (nSPS) is 19.2. The molecule has 38 heavy (non-hydrogen) atoms. The van der Waals surface area contributed by atoms with Gasteiger partial charge in [-0.25, -0.2) is 4.98 Å². The molecule has 1 aromatic heterocycles. The standard InChI is InChI=1S/C27H31F3N4O4/c1-16-11-19(14-26(2,3)13-16)34-22-10-5-17(24(37)33(4)15-23(35)36)12-21(22)32-25(34)31-18-6-8-20(9-7-18)38-27(28,29)30/h5-10,12,16,19H,11,13-15H2,1-4H3,(H,31,32)(H,35,36)/t16-,19+/m1/s1. The lowest BCUT2D eigenvalue weighted by Gasteiger charge is -2.40. The van der Waals surface area contributed by atoms with Crippen molar-refractivity contribution in [1.82, 2.24) is 14.5 Å². The summed E-state index contributed by atoms with van der Waals surface area (Å²) in [6, 6.07) is 10.6. The summed E-state index contributed by atoms with van der Waals surface area (Å²) in [6.07, 6.45) is -1.86. The number of fused-ring (bicyclic) bond motifs is 1. The van der Waals surface area contributed by atoms with Gasteiger partial charge in [-0.15, -0.1) is 13.2 Å². The molecule has 0 aliphatic heterocycles. The van der Waals surface area contributed by atoms with Crippen molar-refractivity contribution in [2.24, 2.45) is 11.3 Å². The molecule has 1 saturated carbocycles. The number of halogens is 3. The minimum absolute atomic E-state index is 0.0994. The number of imidazole rings is 1. The van der Waals surface area contributed by atoms with Crippen molar-refractivity contribution in [3.05, 3.63) is 48.0 Å². The number of anilines is 2. The topological polar surface area (TPSA) is 96.7 Å². The summed E-state index contributed by atoms with van der Waals surface area (Å²) in [5.74, 6) is -0.904. The van der Waals surface area contributed by atoms with E-state index in [9.17, 15) is 22.8 Å². The average molecular weight is 533 g/mol. The predicted octanol–water partition coefficient (Wildman–Crippen LogP) is 6.22. The number of amides is 1. The summed E-state index contributed by atoms with van der Waals surface area (Å²) in [7, 11) is 1.42. The second-order valence-electron chi connectivity index (χ2n) is 10.8. The molecule has 1 fully saturated rings. The first-order chi connectivity index (χ1) is 17.7. The second-order valence-corrected chi connectivity index (χ2v) is 10.8. The van der Waals surface area contributed by atoms with Crippen molar-refractivity contribution in [2.75, 3.05) is 18.9 Å². The fourth-order valence-corrected chi connectivity index (χ4v) is 5.55. The smallest absolute Gasteiger partial charge is 0.480 e. The Bertz CT molecular complexity index is 1330. The molecule has 0 bridgehead atoms. The van der Waals surface area contributed by atoms with Gasteiger partial charge in [0.1, 0.15) is 12.3 Å². The average Bonchev–Trinajstić information content (AvgIpc) is 3.14. The number of hydrogen-bond acceptors (Lipinski definition) is 5. The van der Waals surface area contributed by atoms with E-state index < -0.39 is 24.8 Å². The number of carbonyl (C=O) groups is 2. The number of alkyl halides is 3. The number of hydrogen-bond donors (Lipinski definition) is 2. The molecule has 4 rings (SSSR count). The molecule has 0 unspecified atom stereocenters. The molecule has 8 nitrogen and oxygen atoms in total. The van der Waals surface area contributed by atoms with Gasteiger partial charge < -0.3 is 24.6 Å². The van der Waals surface area contributed by atoms with Crippen LogP contribution >= 0.6 is 0 Å². The molecule has 1 aliphatic rings. The largest absolute Gasteiger partial charge is 0.573 e. The lowest BCUT2D eigenvalue weighted by molar-refractivity contribution is -0.274. The first kappa shape index (κ1) is 27.3. The van der Waals surface area contributed by atoms with Crippen molar-refractivity contribution >= 4 is 34.5 Å². The SMILES string of the molecule is C[C@@H]1C[C@H](n2c(Nc3ccc(OC(F)(F)F)cc3)nc3cc(C(=O)N(C)CC(=O)O)ccc32)CC(C)(C)C1. The van der Waals surface area contributed by atoms with Crippen LogP contribution in [0.4, 0.5) is 24.8 Å². The first-order valence-electron chi connectivity index (χ1n) is 12.3. The number of nitrogens with one attached hydrogen (secondary N) is 1. The van der Waals surface area contributed by atoms with Crippen molar-refractivity contribution < 1.29 is 32.6 Å². The Hall–Kier alpha value is -3.76. The Labute approximate surface area is 218 Å². The van der Waals surface area contributed by atoms with Gasteiger partial charge in [0.25, 0.3) is 5.91 Å². The highest BCUT2D eigenvalue weighted by Crippen LogP contribution is 2.46. The highest BCUT2D eigenvalue weighted by molar-refractivity contribution is 5.98. The highest BCUT2D eigenvalue weighted by atomic mass is 19.4. The summed E-state index contributed by atoms with van der Waals surface area (Å²) >= 11 is 0. The minimum Gasteiger partial charge on any atom is -0.480 e. The summed E-state index contributed by atoms with van der Waals surface area (Å²) in [6.45, 7) is 6.25. The molecule has 1 aliphatic carbocycles. The van der Waals surface area contributed by atoms with Crippen LogP contribution in [-0.4, -0.2) is 51.4 Å². The number of likely N-dealkylation sites (N-methyl/N-ethyl adjacent to an activating group) is 1. The Morgan fingerprint density at radius 2 is 1.87 bits per heavy atom. The molecule has 2 N–H and O–H groups in total. The van der Waals surface area contributed by atoms with E-state index in [0.717, 1.165) is 29.7 Å². The van der Waals surface area contributed by atoms with Crippen molar-refractivity contribution in [3.8, 4) is 5.75 Å². The molecule has 3 aromatic rings. The molecule has 2 aromatic carbocycles. The van der Waals surface area contributed by atoms with Gasteiger partial charge in [-0.2, -0.15) is 0 Å². The predicted molar refractivity (Wildman–Crippen MR) is 137 cm³/mol. The third-order valence-corrected chi connectivity index (χ3v) is 6.73. The van der Waals surface area contributed by atoms with E-state index in [4.69, 9.17) is 10.1 Å². The van der Waals surface area contributed by atoms with E-state index in [1.807, 2.05) is 6.07 Å². The number of ether oxygens (including phenoxy) is 1. The van der Waals surface area contributed by atoms with E-state index in [2.05, 4.69) is 35.4 Å². The van der Waals surface area contributed by atoms with Crippen LogP contribution in [0.1, 0.15) is 56.4 Å². The van der Waals surface area contributed by atoms with Crippen LogP contribution in [-0.2, 0) is 4.79 Å². The van der Waals surface area contributed by atoms with Crippen LogP contribution < -0.4 is 10.1 Å². The summed E-state index contributed by atoms with van der Waals surface area (Å²) < 4.78 is 43.7. The van der Waals surface area contributed by atoms with Crippen LogP contribution in [0, 0.1) is 11.3 Å². The molecule has 0 radical (unpaired) electrons. The van der Waals surface area contributed by atoms with Crippen LogP contribution in [0.3, 0.4) is 0 Å². The van der Waals surface area contributed by atoms with Gasteiger partial charge in [-0.05, 0) is 73.1 Å². The maximum atomic E-state index is 12.8. The van der Waals surface area contributed by atoms with Crippen LogP contribution in [0.15, 0.2) is 42.5 Å². The van der Waals surface area contributed by atoms with Crippen LogP contribution in [0.2, 0.25) is 0 Å². The molecule has 1 heterocycles. The maximum Gasteiger partial charge on any atom is 0.573 e.